The van der Waals surface area contributed by atoms with Crippen LogP contribution in [0.3, 0.4) is 0 Å². The highest BCUT2D eigenvalue weighted by Crippen LogP contribution is 2.25. The Morgan fingerprint density at radius 3 is 2.68 bits per heavy atom. The molecule has 0 spiro atoms. The van der Waals surface area contributed by atoms with Crippen LogP contribution in [0.2, 0.25) is 0 Å². The SMILES string of the molecule is CCOCCc1ccc(OCCN2CN=CC(Cl)=C2CC)c(C)c1C. The molecule has 0 unspecified atom stereocenters. The molecule has 1 heterocycles. The number of aliphatic imine (C=N–C) groups is 1. The number of hydrogen-bond donors (Lipinski definition) is 0. The molecule has 0 saturated carbocycles. The summed E-state index contributed by atoms with van der Waals surface area (Å²) < 4.78 is 11.5. The van der Waals surface area contributed by atoms with Crippen LogP contribution in [0.15, 0.2) is 27.9 Å². The van der Waals surface area contributed by atoms with Crippen molar-refractivity contribution in [2.45, 2.75) is 40.5 Å². The van der Waals surface area contributed by atoms with E-state index in [-0.39, 0.29) is 0 Å². The highest BCUT2D eigenvalue weighted by atomic mass is 35.5. The molecule has 138 valence electrons. The molecule has 0 saturated heterocycles. The fourth-order valence-corrected chi connectivity index (χ4v) is 3.32. The van der Waals surface area contributed by atoms with Crippen molar-refractivity contribution < 1.29 is 9.47 Å². The van der Waals surface area contributed by atoms with Crippen LogP contribution in [-0.2, 0) is 11.2 Å². The van der Waals surface area contributed by atoms with Crippen molar-refractivity contribution >= 4 is 17.8 Å². The first-order valence-corrected chi connectivity index (χ1v) is 9.39. The molecule has 1 aromatic carbocycles. The Hall–Kier alpha value is -1.52. The first-order valence-electron chi connectivity index (χ1n) is 9.01. The second-order valence-electron chi connectivity index (χ2n) is 6.13. The normalized spacial score (nSPS) is 14.4. The molecular weight excluding hydrogens is 336 g/mol. The van der Waals surface area contributed by atoms with Gasteiger partial charge in [0.25, 0.3) is 0 Å². The van der Waals surface area contributed by atoms with Gasteiger partial charge in [-0.25, -0.2) is 0 Å². The van der Waals surface area contributed by atoms with Crippen molar-refractivity contribution in [3.8, 4) is 5.75 Å². The topological polar surface area (TPSA) is 34.1 Å². The van der Waals surface area contributed by atoms with E-state index in [0.717, 1.165) is 49.1 Å². The standard InChI is InChI=1S/C20H29ClN2O2/c1-5-19-18(21)13-22-14-23(19)10-12-25-20-8-7-17(9-11-24-6-2)15(3)16(20)4/h7-8,13H,5-6,9-12,14H2,1-4H3. The van der Waals surface area contributed by atoms with Gasteiger partial charge < -0.3 is 14.4 Å². The van der Waals surface area contributed by atoms with E-state index < -0.39 is 0 Å². The number of ether oxygens (including phenoxy) is 2. The monoisotopic (exact) mass is 364 g/mol. The molecule has 0 amide bonds. The summed E-state index contributed by atoms with van der Waals surface area (Å²) in [5.41, 5.74) is 4.96. The van der Waals surface area contributed by atoms with Crippen molar-refractivity contribution in [1.29, 1.82) is 0 Å². The summed E-state index contributed by atoms with van der Waals surface area (Å²) in [4.78, 5) is 6.47. The van der Waals surface area contributed by atoms with E-state index in [9.17, 15) is 0 Å². The summed E-state index contributed by atoms with van der Waals surface area (Å²) in [5.74, 6) is 0.950. The van der Waals surface area contributed by atoms with Gasteiger partial charge >= 0.3 is 0 Å². The molecule has 0 bridgehead atoms. The first-order chi connectivity index (χ1) is 12.1. The van der Waals surface area contributed by atoms with Crippen LogP contribution in [0.25, 0.3) is 0 Å². The minimum Gasteiger partial charge on any atom is -0.491 e. The lowest BCUT2D eigenvalue weighted by atomic mass is 10.0. The van der Waals surface area contributed by atoms with Crippen LogP contribution in [0.4, 0.5) is 0 Å². The van der Waals surface area contributed by atoms with Crippen molar-refractivity contribution in [2.75, 3.05) is 33.0 Å². The molecule has 0 fully saturated rings. The third-order valence-corrected chi connectivity index (χ3v) is 4.95. The summed E-state index contributed by atoms with van der Waals surface area (Å²) in [6, 6.07) is 4.22. The van der Waals surface area contributed by atoms with E-state index in [0.29, 0.717) is 13.3 Å². The predicted molar refractivity (Wildman–Crippen MR) is 105 cm³/mol. The summed E-state index contributed by atoms with van der Waals surface area (Å²) in [7, 11) is 0. The molecule has 5 heteroatoms. The Bertz CT molecular complexity index is 641. The molecule has 1 aliphatic heterocycles. The fraction of sp³-hybridized carbons (Fsp3) is 0.550. The van der Waals surface area contributed by atoms with Crippen LogP contribution >= 0.6 is 11.6 Å². The molecule has 0 aliphatic carbocycles. The highest BCUT2D eigenvalue weighted by Gasteiger charge is 2.15. The molecule has 0 radical (unpaired) electrons. The van der Waals surface area contributed by atoms with Gasteiger partial charge in [0.2, 0.25) is 0 Å². The van der Waals surface area contributed by atoms with Crippen molar-refractivity contribution in [2.24, 2.45) is 4.99 Å². The average Bonchev–Trinajstić information content (AvgIpc) is 2.61. The van der Waals surface area contributed by atoms with Crippen LogP contribution in [-0.4, -0.2) is 44.1 Å². The molecule has 0 N–H and O–H groups in total. The number of halogens is 1. The maximum Gasteiger partial charge on any atom is 0.122 e. The lowest BCUT2D eigenvalue weighted by Crippen LogP contribution is -2.31. The van der Waals surface area contributed by atoms with Crippen molar-refractivity contribution in [1.82, 2.24) is 4.90 Å². The van der Waals surface area contributed by atoms with Gasteiger partial charge in [-0.2, -0.15) is 0 Å². The minimum absolute atomic E-state index is 0.613. The Morgan fingerprint density at radius 2 is 1.96 bits per heavy atom. The van der Waals surface area contributed by atoms with E-state index >= 15 is 0 Å². The predicted octanol–water partition coefficient (Wildman–Crippen LogP) is 4.47. The van der Waals surface area contributed by atoms with Crippen LogP contribution < -0.4 is 4.74 Å². The minimum atomic E-state index is 0.613. The maximum atomic E-state index is 6.23. The quantitative estimate of drug-likeness (QED) is 0.606. The largest absolute Gasteiger partial charge is 0.491 e. The van der Waals surface area contributed by atoms with E-state index in [4.69, 9.17) is 21.1 Å². The average molecular weight is 365 g/mol. The number of benzene rings is 1. The van der Waals surface area contributed by atoms with Gasteiger partial charge in [0.1, 0.15) is 19.0 Å². The first kappa shape index (κ1) is 19.8. The summed E-state index contributed by atoms with van der Waals surface area (Å²) >= 11 is 6.23. The molecule has 1 aromatic rings. The van der Waals surface area contributed by atoms with Gasteiger partial charge in [0.15, 0.2) is 0 Å². The third-order valence-electron chi connectivity index (χ3n) is 4.64. The van der Waals surface area contributed by atoms with Gasteiger partial charge in [-0.3, -0.25) is 4.99 Å². The van der Waals surface area contributed by atoms with Gasteiger partial charge in [-0.15, -0.1) is 0 Å². The van der Waals surface area contributed by atoms with E-state index in [1.165, 1.54) is 16.7 Å². The Kier molecular flexibility index (Phi) is 7.79. The van der Waals surface area contributed by atoms with Crippen LogP contribution in [0.5, 0.6) is 5.75 Å². The third kappa shape index (κ3) is 5.23. The van der Waals surface area contributed by atoms with E-state index in [2.05, 4.69) is 42.8 Å². The second kappa shape index (κ2) is 9.83. The summed E-state index contributed by atoms with van der Waals surface area (Å²) in [5, 5.41) is 0.736. The number of nitrogens with zero attached hydrogens (tertiary/aromatic N) is 2. The molecular formula is C20H29ClN2O2. The highest BCUT2D eigenvalue weighted by molar-refractivity contribution is 6.39. The maximum absolute atomic E-state index is 6.23. The van der Waals surface area contributed by atoms with Gasteiger partial charge in [0, 0.05) is 18.5 Å². The van der Waals surface area contributed by atoms with Gasteiger partial charge in [-0.1, -0.05) is 24.6 Å². The van der Waals surface area contributed by atoms with Crippen LogP contribution in [0, 0.1) is 13.8 Å². The van der Waals surface area contributed by atoms with Gasteiger partial charge in [-0.05, 0) is 56.4 Å². The van der Waals surface area contributed by atoms with Crippen LogP contribution in [0.1, 0.15) is 37.0 Å². The number of rotatable bonds is 9. The van der Waals surface area contributed by atoms with Crippen molar-refractivity contribution in [3.05, 3.63) is 39.6 Å². The zero-order valence-corrected chi connectivity index (χ0v) is 16.5. The van der Waals surface area contributed by atoms with Crippen molar-refractivity contribution in [3.63, 3.8) is 0 Å². The van der Waals surface area contributed by atoms with E-state index in [1.807, 2.05) is 6.92 Å². The summed E-state index contributed by atoms with van der Waals surface area (Å²) in [6.45, 7) is 12.0. The zero-order chi connectivity index (χ0) is 18.2. The van der Waals surface area contributed by atoms with E-state index in [1.54, 1.807) is 6.21 Å². The molecule has 4 nitrogen and oxygen atoms in total. The smallest absolute Gasteiger partial charge is 0.122 e. The fourth-order valence-electron chi connectivity index (χ4n) is 3.00. The molecule has 2 rings (SSSR count). The number of allylic oxidation sites excluding steroid dienone is 2. The second-order valence-corrected chi connectivity index (χ2v) is 6.54. The number of hydrogen-bond acceptors (Lipinski definition) is 4. The molecule has 0 atom stereocenters. The molecule has 25 heavy (non-hydrogen) atoms. The summed E-state index contributed by atoms with van der Waals surface area (Å²) in [6.07, 6.45) is 3.58. The lowest BCUT2D eigenvalue weighted by molar-refractivity contribution is 0.151. The molecule has 1 aliphatic rings. The Balaban J connectivity index is 1.93. The Labute approximate surface area is 156 Å². The lowest BCUT2D eigenvalue weighted by Gasteiger charge is -2.28. The van der Waals surface area contributed by atoms with Gasteiger partial charge in [0.05, 0.1) is 18.2 Å². The Morgan fingerprint density at radius 1 is 1.16 bits per heavy atom. The molecule has 0 aromatic heterocycles. The zero-order valence-electron chi connectivity index (χ0n) is 15.8.